The van der Waals surface area contributed by atoms with Crippen LogP contribution >= 0.6 is 23.7 Å². The molecule has 1 aromatic heterocycles. The zero-order valence-electron chi connectivity index (χ0n) is 13.9. The van der Waals surface area contributed by atoms with E-state index in [1.165, 1.54) is 11.3 Å². The molecule has 2 N–H and O–H groups in total. The van der Waals surface area contributed by atoms with Crippen LogP contribution in [0.2, 0.25) is 0 Å². The molecule has 2 atom stereocenters. The number of methoxy groups -OCH3 is 1. The Bertz CT molecular complexity index is 675. The molecule has 3 rings (SSSR count). The molecule has 6 heteroatoms. The van der Waals surface area contributed by atoms with Gasteiger partial charge >= 0.3 is 0 Å². The van der Waals surface area contributed by atoms with Crippen molar-refractivity contribution in [2.75, 3.05) is 20.2 Å². The second-order valence-corrected chi connectivity index (χ2v) is 6.98. The summed E-state index contributed by atoms with van der Waals surface area (Å²) in [7, 11) is 1.61. The van der Waals surface area contributed by atoms with Gasteiger partial charge < -0.3 is 15.4 Å². The van der Waals surface area contributed by atoms with Crippen LogP contribution in [0.25, 0.3) is 10.4 Å². The lowest BCUT2D eigenvalue weighted by atomic mass is 9.95. The lowest BCUT2D eigenvalue weighted by Crippen LogP contribution is -2.48. The van der Waals surface area contributed by atoms with Crippen LogP contribution in [0.3, 0.4) is 0 Å². The first kappa shape index (κ1) is 18.8. The Morgan fingerprint density at radius 1 is 1.33 bits per heavy atom. The molecule has 0 aliphatic carbocycles. The Kier molecular flexibility index (Phi) is 6.66. The van der Waals surface area contributed by atoms with E-state index < -0.39 is 0 Å². The van der Waals surface area contributed by atoms with Crippen LogP contribution in [0, 0.1) is 5.92 Å². The summed E-state index contributed by atoms with van der Waals surface area (Å²) in [5.74, 6) is 1.05. The average Bonchev–Trinajstić information content (AvgIpc) is 3.02. The SMILES string of the molecule is COc1cc(-c2ccccc2)sc1C(=O)NC1CCNCC1C.Cl. The number of piperidine rings is 1. The summed E-state index contributed by atoms with van der Waals surface area (Å²) in [5.41, 5.74) is 1.10. The molecule has 1 aliphatic rings. The predicted octanol–water partition coefficient (Wildman–Crippen LogP) is 3.57. The van der Waals surface area contributed by atoms with Crippen LogP contribution in [0.4, 0.5) is 0 Å². The van der Waals surface area contributed by atoms with Crippen molar-refractivity contribution in [2.24, 2.45) is 5.92 Å². The van der Waals surface area contributed by atoms with Crippen LogP contribution in [-0.2, 0) is 0 Å². The van der Waals surface area contributed by atoms with Gasteiger partial charge in [-0.3, -0.25) is 4.79 Å². The molecule has 24 heavy (non-hydrogen) atoms. The number of thiophene rings is 1. The zero-order chi connectivity index (χ0) is 16.2. The van der Waals surface area contributed by atoms with E-state index in [4.69, 9.17) is 4.74 Å². The van der Waals surface area contributed by atoms with Crippen molar-refractivity contribution in [3.63, 3.8) is 0 Å². The van der Waals surface area contributed by atoms with Gasteiger partial charge in [0.05, 0.1) is 7.11 Å². The third-order valence-corrected chi connectivity index (χ3v) is 5.45. The minimum atomic E-state index is -0.0345. The summed E-state index contributed by atoms with van der Waals surface area (Å²) < 4.78 is 5.42. The monoisotopic (exact) mass is 366 g/mol. The van der Waals surface area contributed by atoms with Gasteiger partial charge in [0.2, 0.25) is 0 Å². The van der Waals surface area contributed by atoms with Crippen molar-refractivity contribution < 1.29 is 9.53 Å². The number of benzene rings is 1. The molecule has 0 saturated carbocycles. The fourth-order valence-corrected chi connectivity index (χ4v) is 3.93. The fourth-order valence-electron chi connectivity index (χ4n) is 2.89. The largest absolute Gasteiger partial charge is 0.495 e. The minimum absolute atomic E-state index is 0. The van der Waals surface area contributed by atoms with Gasteiger partial charge in [-0.1, -0.05) is 37.3 Å². The summed E-state index contributed by atoms with van der Waals surface area (Å²) in [5, 5.41) is 6.53. The number of hydrogen-bond acceptors (Lipinski definition) is 4. The van der Waals surface area contributed by atoms with Crippen LogP contribution < -0.4 is 15.4 Å². The van der Waals surface area contributed by atoms with Gasteiger partial charge in [0.15, 0.2) is 0 Å². The molecule has 130 valence electrons. The Balaban J connectivity index is 0.00000208. The average molecular weight is 367 g/mol. The highest BCUT2D eigenvalue weighted by Crippen LogP contribution is 2.36. The van der Waals surface area contributed by atoms with E-state index in [1.807, 2.05) is 36.4 Å². The van der Waals surface area contributed by atoms with Gasteiger partial charge in [-0.25, -0.2) is 0 Å². The summed E-state index contributed by atoms with van der Waals surface area (Å²) in [6.07, 6.45) is 0.964. The van der Waals surface area contributed by atoms with Crippen molar-refractivity contribution in [1.82, 2.24) is 10.6 Å². The van der Waals surface area contributed by atoms with Crippen molar-refractivity contribution in [3.05, 3.63) is 41.3 Å². The smallest absolute Gasteiger partial charge is 0.265 e. The number of carbonyl (C=O) groups is 1. The highest BCUT2D eigenvalue weighted by atomic mass is 35.5. The summed E-state index contributed by atoms with van der Waals surface area (Å²) in [6.45, 7) is 4.06. The first-order valence-corrected chi connectivity index (χ1v) is 8.75. The zero-order valence-corrected chi connectivity index (χ0v) is 15.5. The standard InChI is InChI=1S/C18H22N2O2S.ClH/c1-12-11-19-9-8-14(12)20-18(21)17-15(22-2)10-16(23-17)13-6-4-3-5-7-13;/h3-7,10,12,14,19H,8-9,11H2,1-2H3,(H,20,21);1H. The van der Waals surface area contributed by atoms with Gasteiger partial charge in [0.25, 0.3) is 5.91 Å². The molecule has 1 aromatic carbocycles. The number of nitrogens with one attached hydrogen (secondary N) is 2. The molecule has 1 saturated heterocycles. The maximum atomic E-state index is 12.7. The predicted molar refractivity (Wildman–Crippen MR) is 101 cm³/mol. The lowest BCUT2D eigenvalue weighted by molar-refractivity contribution is 0.0915. The van der Waals surface area contributed by atoms with Crippen LogP contribution in [0.1, 0.15) is 23.0 Å². The van der Waals surface area contributed by atoms with E-state index >= 15 is 0 Å². The quantitative estimate of drug-likeness (QED) is 0.869. The highest BCUT2D eigenvalue weighted by molar-refractivity contribution is 7.17. The first-order chi connectivity index (χ1) is 11.2. The summed E-state index contributed by atoms with van der Waals surface area (Å²) in [4.78, 5) is 14.4. The number of rotatable bonds is 4. The molecule has 0 bridgehead atoms. The van der Waals surface area contributed by atoms with E-state index in [1.54, 1.807) is 7.11 Å². The van der Waals surface area contributed by atoms with Gasteiger partial charge in [-0.2, -0.15) is 0 Å². The minimum Gasteiger partial charge on any atom is -0.495 e. The molecule has 1 amide bonds. The fraction of sp³-hybridized carbons (Fsp3) is 0.389. The topological polar surface area (TPSA) is 50.4 Å². The van der Waals surface area contributed by atoms with E-state index in [9.17, 15) is 4.79 Å². The Hall–Kier alpha value is -1.56. The number of ether oxygens (including phenoxy) is 1. The number of halogens is 1. The first-order valence-electron chi connectivity index (χ1n) is 7.94. The van der Waals surface area contributed by atoms with Crippen molar-refractivity contribution >= 4 is 29.7 Å². The van der Waals surface area contributed by atoms with Gasteiger partial charge in [-0.05, 0) is 37.1 Å². The number of amides is 1. The Morgan fingerprint density at radius 2 is 2.08 bits per heavy atom. The van der Waals surface area contributed by atoms with Crippen molar-refractivity contribution in [1.29, 1.82) is 0 Å². The molecule has 1 fully saturated rings. The molecule has 2 aromatic rings. The molecular weight excluding hydrogens is 344 g/mol. The normalized spacial score (nSPS) is 20.1. The second-order valence-electron chi connectivity index (χ2n) is 5.92. The van der Waals surface area contributed by atoms with Crippen molar-refractivity contribution in [3.8, 4) is 16.2 Å². The molecule has 2 unspecified atom stereocenters. The van der Waals surface area contributed by atoms with E-state index in [2.05, 4.69) is 17.6 Å². The maximum Gasteiger partial charge on any atom is 0.265 e. The Labute approximate surface area is 153 Å². The second kappa shape index (κ2) is 8.51. The van der Waals surface area contributed by atoms with Gasteiger partial charge in [0, 0.05) is 10.9 Å². The van der Waals surface area contributed by atoms with Crippen LogP contribution in [0.5, 0.6) is 5.75 Å². The van der Waals surface area contributed by atoms with Crippen LogP contribution in [0.15, 0.2) is 36.4 Å². The number of carbonyl (C=O) groups excluding carboxylic acids is 1. The molecule has 4 nitrogen and oxygen atoms in total. The highest BCUT2D eigenvalue weighted by Gasteiger charge is 2.25. The molecule has 0 radical (unpaired) electrons. The number of hydrogen-bond donors (Lipinski definition) is 2. The van der Waals surface area contributed by atoms with Gasteiger partial charge in [-0.15, -0.1) is 23.7 Å². The third-order valence-electron chi connectivity index (χ3n) is 4.28. The summed E-state index contributed by atoms with van der Waals surface area (Å²) >= 11 is 1.48. The van der Waals surface area contributed by atoms with Crippen LogP contribution in [-0.4, -0.2) is 32.1 Å². The van der Waals surface area contributed by atoms with E-state index in [-0.39, 0.29) is 24.4 Å². The molecule has 1 aliphatic heterocycles. The van der Waals surface area contributed by atoms with Crippen molar-refractivity contribution in [2.45, 2.75) is 19.4 Å². The molecule has 0 spiro atoms. The van der Waals surface area contributed by atoms with Gasteiger partial charge in [0.1, 0.15) is 10.6 Å². The summed E-state index contributed by atoms with van der Waals surface area (Å²) in [6, 6.07) is 12.2. The molecular formula is C18H23ClN2O2S. The van der Waals surface area contributed by atoms with E-state index in [0.29, 0.717) is 16.5 Å². The van der Waals surface area contributed by atoms with E-state index in [0.717, 1.165) is 30.0 Å². The Morgan fingerprint density at radius 3 is 2.75 bits per heavy atom. The molecule has 2 heterocycles. The lowest BCUT2D eigenvalue weighted by Gasteiger charge is -2.30. The maximum absolute atomic E-state index is 12.7. The third kappa shape index (κ3) is 4.09.